The van der Waals surface area contributed by atoms with Crippen molar-refractivity contribution in [2.45, 2.75) is 52.1 Å². The Bertz CT molecular complexity index is 670. The van der Waals surface area contributed by atoms with Crippen molar-refractivity contribution < 1.29 is 14.1 Å². The van der Waals surface area contributed by atoms with E-state index in [9.17, 15) is 9.59 Å². The van der Waals surface area contributed by atoms with Gasteiger partial charge in [0.25, 0.3) is 0 Å². The van der Waals surface area contributed by atoms with Crippen molar-refractivity contribution in [2.75, 3.05) is 46.3 Å². The lowest BCUT2D eigenvalue weighted by atomic mass is 10.1. The van der Waals surface area contributed by atoms with E-state index >= 15 is 0 Å². The number of aryl methyl sites for hydroxylation is 2. The molecule has 28 heavy (non-hydrogen) atoms. The molecule has 2 aliphatic rings. The standard InChI is InChI=1S/C20H33N5O3/c1-15-18(16(2)28-22-15)13-25-10-7-17(5-6-20(25)27)21-19(26)14-24-9-4-8-23(3)11-12-24/h17H,4-14H2,1-3H3,(H,21,26). The Morgan fingerprint density at radius 1 is 1.18 bits per heavy atom. The fraction of sp³-hybridized carbons (Fsp3) is 0.750. The van der Waals surface area contributed by atoms with Gasteiger partial charge >= 0.3 is 0 Å². The van der Waals surface area contributed by atoms with Crippen LogP contribution < -0.4 is 5.32 Å². The maximum absolute atomic E-state index is 12.5. The molecule has 8 heteroatoms. The number of nitrogens with one attached hydrogen (secondary N) is 1. The van der Waals surface area contributed by atoms with Crippen molar-refractivity contribution in [2.24, 2.45) is 0 Å². The van der Waals surface area contributed by atoms with Crippen LogP contribution in [-0.2, 0) is 16.1 Å². The second-order valence-corrected chi connectivity index (χ2v) is 8.14. The molecule has 2 saturated heterocycles. The number of likely N-dealkylation sites (N-methyl/N-ethyl adjacent to an activating group) is 1. The van der Waals surface area contributed by atoms with Crippen LogP contribution in [0.2, 0.25) is 0 Å². The van der Waals surface area contributed by atoms with Crippen molar-refractivity contribution in [3.63, 3.8) is 0 Å². The molecule has 0 aromatic carbocycles. The second kappa shape index (κ2) is 9.52. The number of likely N-dealkylation sites (tertiary alicyclic amines) is 1. The lowest BCUT2D eigenvalue weighted by molar-refractivity contribution is -0.131. The lowest BCUT2D eigenvalue weighted by Crippen LogP contribution is -2.43. The van der Waals surface area contributed by atoms with Gasteiger partial charge in [0, 0.05) is 37.7 Å². The lowest BCUT2D eigenvalue weighted by Gasteiger charge is -2.23. The van der Waals surface area contributed by atoms with Crippen LogP contribution in [0.25, 0.3) is 0 Å². The van der Waals surface area contributed by atoms with Crippen LogP contribution in [0, 0.1) is 13.8 Å². The van der Waals surface area contributed by atoms with Crippen molar-refractivity contribution in [3.8, 4) is 0 Å². The van der Waals surface area contributed by atoms with Gasteiger partial charge < -0.3 is 19.6 Å². The number of hydrogen-bond donors (Lipinski definition) is 1. The summed E-state index contributed by atoms with van der Waals surface area (Å²) in [7, 11) is 2.13. The van der Waals surface area contributed by atoms with E-state index in [1.54, 1.807) is 0 Å². The molecule has 0 aliphatic carbocycles. The first-order valence-electron chi connectivity index (χ1n) is 10.3. The first-order valence-corrected chi connectivity index (χ1v) is 10.3. The predicted molar refractivity (Wildman–Crippen MR) is 106 cm³/mol. The number of carbonyl (C=O) groups excluding carboxylic acids is 2. The average molecular weight is 392 g/mol. The van der Waals surface area contributed by atoms with Gasteiger partial charge in [-0.2, -0.15) is 0 Å². The summed E-state index contributed by atoms with van der Waals surface area (Å²) in [5, 5.41) is 7.13. The minimum absolute atomic E-state index is 0.0563. The molecule has 3 rings (SSSR count). The highest BCUT2D eigenvalue weighted by atomic mass is 16.5. The second-order valence-electron chi connectivity index (χ2n) is 8.14. The monoisotopic (exact) mass is 391 g/mol. The molecule has 1 N–H and O–H groups in total. The summed E-state index contributed by atoms with van der Waals surface area (Å²) >= 11 is 0. The minimum atomic E-state index is 0.0563. The molecule has 1 aromatic heterocycles. The van der Waals surface area contributed by atoms with Gasteiger partial charge in [-0.3, -0.25) is 14.5 Å². The summed E-state index contributed by atoms with van der Waals surface area (Å²) in [4.78, 5) is 31.4. The predicted octanol–water partition coefficient (Wildman–Crippen LogP) is 0.926. The molecule has 1 aromatic rings. The molecule has 0 radical (unpaired) electrons. The van der Waals surface area contributed by atoms with Gasteiger partial charge in [0.1, 0.15) is 5.76 Å². The molecular weight excluding hydrogens is 358 g/mol. The maximum atomic E-state index is 12.5. The van der Waals surface area contributed by atoms with Crippen LogP contribution in [0.4, 0.5) is 0 Å². The van der Waals surface area contributed by atoms with E-state index in [0.717, 1.165) is 56.0 Å². The smallest absolute Gasteiger partial charge is 0.234 e. The number of hydrogen-bond acceptors (Lipinski definition) is 6. The number of aromatic nitrogens is 1. The van der Waals surface area contributed by atoms with Crippen LogP contribution in [0.15, 0.2) is 4.52 Å². The summed E-state index contributed by atoms with van der Waals surface area (Å²) in [6.45, 7) is 9.38. The van der Waals surface area contributed by atoms with Crippen molar-refractivity contribution in [1.29, 1.82) is 0 Å². The average Bonchev–Trinajstić information content (AvgIpc) is 2.81. The van der Waals surface area contributed by atoms with E-state index in [2.05, 4.69) is 27.3 Å². The Balaban J connectivity index is 1.48. The van der Waals surface area contributed by atoms with Gasteiger partial charge in [0.15, 0.2) is 0 Å². The largest absolute Gasteiger partial charge is 0.361 e. The van der Waals surface area contributed by atoms with Crippen LogP contribution in [0.3, 0.4) is 0 Å². The highest BCUT2D eigenvalue weighted by Crippen LogP contribution is 2.19. The van der Waals surface area contributed by atoms with E-state index in [-0.39, 0.29) is 17.9 Å². The number of rotatable bonds is 5. The molecule has 0 bridgehead atoms. The molecule has 2 fully saturated rings. The quantitative estimate of drug-likeness (QED) is 0.804. The zero-order valence-corrected chi connectivity index (χ0v) is 17.4. The normalized spacial score (nSPS) is 22.8. The van der Waals surface area contributed by atoms with Crippen LogP contribution in [0.5, 0.6) is 0 Å². The molecule has 2 amide bonds. The van der Waals surface area contributed by atoms with Gasteiger partial charge in [0.2, 0.25) is 11.8 Å². The summed E-state index contributed by atoms with van der Waals surface area (Å²) in [6, 6.07) is 0.0563. The summed E-state index contributed by atoms with van der Waals surface area (Å²) in [6.07, 6.45) is 3.04. The van der Waals surface area contributed by atoms with Crippen LogP contribution in [0.1, 0.15) is 42.7 Å². The Hall–Kier alpha value is -1.93. The summed E-state index contributed by atoms with van der Waals surface area (Å²) in [5.41, 5.74) is 1.82. The van der Waals surface area contributed by atoms with Gasteiger partial charge in [-0.25, -0.2) is 0 Å². The highest BCUT2D eigenvalue weighted by Gasteiger charge is 2.26. The zero-order chi connectivity index (χ0) is 20.1. The molecule has 0 saturated carbocycles. The molecule has 0 spiro atoms. The van der Waals surface area contributed by atoms with Crippen molar-refractivity contribution in [3.05, 3.63) is 17.0 Å². The van der Waals surface area contributed by atoms with Crippen molar-refractivity contribution >= 4 is 11.8 Å². The van der Waals surface area contributed by atoms with Gasteiger partial charge in [-0.15, -0.1) is 0 Å². The third-order valence-corrected chi connectivity index (χ3v) is 5.88. The number of nitrogens with zero attached hydrogens (tertiary/aromatic N) is 4. The third kappa shape index (κ3) is 5.54. The molecular formula is C20H33N5O3. The maximum Gasteiger partial charge on any atom is 0.234 e. The Morgan fingerprint density at radius 2 is 2.00 bits per heavy atom. The van der Waals surface area contributed by atoms with Crippen LogP contribution >= 0.6 is 0 Å². The Kier molecular flexibility index (Phi) is 7.07. The van der Waals surface area contributed by atoms with Gasteiger partial charge in [-0.1, -0.05) is 5.16 Å². The van der Waals surface area contributed by atoms with E-state index in [0.29, 0.717) is 32.5 Å². The molecule has 3 heterocycles. The molecule has 1 unspecified atom stereocenters. The Labute approximate surface area is 167 Å². The van der Waals surface area contributed by atoms with E-state index in [4.69, 9.17) is 4.52 Å². The number of amides is 2. The van der Waals surface area contributed by atoms with E-state index < -0.39 is 0 Å². The summed E-state index contributed by atoms with van der Waals surface area (Å²) in [5.74, 6) is 0.968. The molecule has 8 nitrogen and oxygen atoms in total. The van der Waals surface area contributed by atoms with Crippen LogP contribution in [-0.4, -0.2) is 84.0 Å². The highest BCUT2D eigenvalue weighted by molar-refractivity contribution is 5.79. The minimum Gasteiger partial charge on any atom is -0.361 e. The summed E-state index contributed by atoms with van der Waals surface area (Å²) < 4.78 is 5.21. The third-order valence-electron chi connectivity index (χ3n) is 5.88. The zero-order valence-electron chi connectivity index (χ0n) is 17.4. The number of carbonyl (C=O) groups is 2. The fourth-order valence-corrected chi connectivity index (χ4v) is 4.00. The molecule has 2 aliphatic heterocycles. The fourth-order valence-electron chi connectivity index (χ4n) is 4.00. The SMILES string of the molecule is Cc1noc(C)c1CN1CCC(NC(=O)CN2CCCN(C)CC2)CCC1=O. The van der Waals surface area contributed by atoms with Gasteiger partial charge in [0.05, 0.1) is 18.8 Å². The van der Waals surface area contributed by atoms with Gasteiger partial charge in [-0.05, 0) is 53.2 Å². The molecule has 1 atom stereocenters. The van der Waals surface area contributed by atoms with E-state index in [1.807, 2.05) is 18.7 Å². The Morgan fingerprint density at radius 3 is 2.75 bits per heavy atom. The van der Waals surface area contributed by atoms with E-state index in [1.165, 1.54) is 0 Å². The van der Waals surface area contributed by atoms with Crippen molar-refractivity contribution in [1.82, 2.24) is 25.2 Å². The topological polar surface area (TPSA) is 81.9 Å². The molecule has 156 valence electrons. The first-order chi connectivity index (χ1) is 13.4. The first kappa shape index (κ1) is 20.8.